The third-order valence-electron chi connectivity index (χ3n) is 4.91. The number of hydrogen-bond donors (Lipinski definition) is 2. The van der Waals surface area contributed by atoms with Crippen molar-refractivity contribution in [2.75, 3.05) is 13.1 Å². The molecule has 0 bridgehead atoms. The van der Waals surface area contributed by atoms with Gasteiger partial charge in [-0.05, 0) is 25.2 Å². The first kappa shape index (κ1) is 16.8. The average molecular weight is 309 g/mol. The van der Waals surface area contributed by atoms with Crippen LogP contribution in [0.1, 0.15) is 58.8 Å². The molecule has 1 saturated heterocycles. The van der Waals surface area contributed by atoms with Crippen LogP contribution in [0.2, 0.25) is 0 Å². The summed E-state index contributed by atoms with van der Waals surface area (Å²) >= 11 is 0. The fourth-order valence-electron chi connectivity index (χ4n) is 3.44. The molecule has 0 aromatic rings. The molecule has 2 N–H and O–H groups in total. The maximum atomic E-state index is 12.7. The van der Waals surface area contributed by atoms with Gasteiger partial charge in [0.2, 0.25) is 5.91 Å². The van der Waals surface area contributed by atoms with E-state index in [-0.39, 0.29) is 24.3 Å². The smallest absolute Gasteiger partial charge is 0.325 e. The third-order valence-corrected chi connectivity index (χ3v) is 4.91. The zero-order valence-electron chi connectivity index (χ0n) is 13.6. The fraction of sp³-hybridized carbons (Fsp3) is 0.812. The quantitative estimate of drug-likeness (QED) is 0.580. The molecule has 1 saturated carbocycles. The van der Waals surface area contributed by atoms with Crippen molar-refractivity contribution in [3.8, 4) is 0 Å². The van der Waals surface area contributed by atoms with Crippen LogP contribution < -0.4 is 10.6 Å². The first-order valence-corrected chi connectivity index (χ1v) is 8.42. The average Bonchev–Trinajstić information content (AvgIpc) is 2.72. The molecule has 1 spiro atoms. The fourth-order valence-corrected chi connectivity index (χ4v) is 3.44. The van der Waals surface area contributed by atoms with E-state index in [1.54, 1.807) is 0 Å². The summed E-state index contributed by atoms with van der Waals surface area (Å²) in [5.74, 6) is -0.371. The van der Waals surface area contributed by atoms with Crippen LogP contribution in [0.25, 0.3) is 0 Å². The lowest BCUT2D eigenvalue weighted by atomic mass is 9.73. The predicted octanol–water partition coefficient (Wildman–Crippen LogP) is 1.79. The first-order valence-electron chi connectivity index (χ1n) is 8.42. The van der Waals surface area contributed by atoms with Gasteiger partial charge in [0.1, 0.15) is 12.1 Å². The Balaban J connectivity index is 1.93. The zero-order chi connectivity index (χ0) is 16.2. The van der Waals surface area contributed by atoms with E-state index in [0.717, 1.165) is 43.4 Å². The van der Waals surface area contributed by atoms with E-state index in [1.807, 2.05) is 6.92 Å². The molecule has 124 valence electrons. The summed E-state index contributed by atoms with van der Waals surface area (Å²) in [6, 6.07) is -0.428. The molecule has 1 aliphatic heterocycles. The van der Waals surface area contributed by atoms with Crippen LogP contribution in [-0.2, 0) is 9.59 Å². The van der Waals surface area contributed by atoms with Crippen LogP contribution in [0.5, 0.6) is 0 Å². The minimum absolute atomic E-state index is 0.121. The summed E-state index contributed by atoms with van der Waals surface area (Å²) in [7, 11) is 0. The number of imide groups is 1. The van der Waals surface area contributed by atoms with Crippen molar-refractivity contribution < 1.29 is 14.4 Å². The zero-order valence-corrected chi connectivity index (χ0v) is 13.6. The molecule has 6 nitrogen and oxygen atoms in total. The Labute approximate surface area is 132 Å². The van der Waals surface area contributed by atoms with Gasteiger partial charge in [-0.25, -0.2) is 4.79 Å². The van der Waals surface area contributed by atoms with E-state index in [1.165, 1.54) is 0 Å². The maximum Gasteiger partial charge on any atom is 0.325 e. The van der Waals surface area contributed by atoms with Crippen LogP contribution in [0.4, 0.5) is 4.79 Å². The van der Waals surface area contributed by atoms with Crippen molar-refractivity contribution >= 4 is 17.8 Å². The molecule has 2 fully saturated rings. The van der Waals surface area contributed by atoms with E-state index < -0.39 is 11.6 Å². The number of urea groups is 1. The predicted molar refractivity (Wildman–Crippen MR) is 83.1 cm³/mol. The Morgan fingerprint density at radius 2 is 2.14 bits per heavy atom. The SMILES string of the molecule is CCCCCNC(=O)CN1C(=O)NC2(CCCCC2C)C1=O. The number of carbonyl (C=O) groups is 3. The molecule has 0 aromatic carbocycles. The highest BCUT2D eigenvalue weighted by atomic mass is 16.2. The Bertz CT molecular complexity index is 452. The molecule has 2 rings (SSSR count). The molecule has 2 aliphatic rings. The lowest BCUT2D eigenvalue weighted by Gasteiger charge is -2.36. The largest absolute Gasteiger partial charge is 0.355 e. The van der Waals surface area contributed by atoms with Gasteiger partial charge >= 0.3 is 6.03 Å². The van der Waals surface area contributed by atoms with Crippen LogP contribution in [0.3, 0.4) is 0 Å². The Hall–Kier alpha value is -1.59. The highest BCUT2D eigenvalue weighted by Gasteiger charge is 2.55. The monoisotopic (exact) mass is 309 g/mol. The van der Waals surface area contributed by atoms with Crippen molar-refractivity contribution in [1.82, 2.24) is 15.5 Å². The van der Waals surface area contributed by atoms with Crippen molar-refractivity contribution in [2.24, 2.45) is 5.92 Å². The van der Waals surface area contributed by atoms with Gasteiger partial charge in [0.15, 0.2) is 0 Å². The minimum atomic E-state index is -0.780. The Morgan fingerprint density at radius 1 is 1.36 bits per heavy atom. The van der Waals surface area contributed by atoms with Gasteiger partial charge < -0.3 is 10.6 Å². The Morgan fingerprint density at radius 3 is 2.82 bits per heavy atom. The summed E-state index contributed by atoms with van der Waals surface area (Å²) in [6.07, 6.45) is 6.70. The molecule has 0 aromatic heterocycles. The van der Waals surface area contributed by atoms with E-state index in [9.17, 15) is 14.4 Å². The molecular formula is C16H27N3O3. The third kappa shape index (κ3) is 3.25. The van der Waals surface area contributed by atoms with Gasteiger partial charge in [-0.15, -0.1) is 0 Å². The summed E-state index contributed by atoms with van der Waals surface area (Å²) in [5, 5.41) is 5.63. The maximum absolute atomic E-state index is 12.7. The molecule has 2 atom stereocenters. The highest BCUT2D eigenvalue weighted by Crippen LogP contribution is 2.38. The van der Waals surface area contributed by atoms with Crippen LogP contribution in [-0.4, -0.2) is 41.4 Å². The molecule has 1 heterocycles. The lowest BCUT2D eigenvalue weighted by molar-refractivity contribution is -0.137. The molecule has 2 unspecified atom stereocenters. The van der Waals surface area contributed by atoms with Crippen molar-refractivity contribution in [2.45, 2.75) is 64.3 Å². The van der Waals surface area contributed by atoms with Crippen LogP contribution in [0, 0.1) is 5.92 Å². The van der Waals surface area contributed by atoms with Crippen molar-refractivity contribution in [1.29, 1.82) is 0 Å². The standard InChI is InChI=1S/C16H27N3O3/c1-3-4-7-10-17-13(20)11-19-14(21)16(18-15(19)22)9-6-5-8-12(16)2/h12H,3-11H2,1-2H3,(H,17,20)(H,18,22). The van der Waals surface area contributed by atoms with E-state index >= 15 is 0 Å². The van der Waals surface area contributed by atoms with Crippen molar-refractivity contribution in [3.05, 3.63) is 0 Å². The summed E-state index contributed by atoms with van der Waals surface area (Å²) in [6.45, 7) is 4.52. The lowest BCUT2D eigenvalue weighted by Crippen LogP contribution is -2.54. The van der Waals surface area contributed by atoms with Gasteiger partial charge in [-0.2, -0.15) is 0 Å². The molecular weight excluding hydrogens is 282 g/mol. The minimum Gasteiger partial charge on any atom is -0.355 e. The number of carbonyl (C=O) groups excluding carboxylic acids is 3. The number of hydrogen-bond acceptors (Lipinski definition) is 3. The van der Waals surface area contributed by atoms with E-state index in [2.05, 4.69) is 17.6 Å². The number of nitrogens with zero attached hydrogens (tertiary/aromatic N) is 1. The molecule has 22 heavy (non-hydrogen) atoms. The number of nitrogens with one attached hydrogen (secondary N) is 2. The first-order chi connectivity index (χ1) is 10.5. The molecule has 1 aliphatic carbocycles. The summed E-state index contributed by atoms with van der Waals surface area (Å²) < 4.78 is 0. The number of unbranched alkanes of at least 4 members (excludes halogenated alkanes) is 2. The van der Waals surface area contributed by atoms with E-state index in [4.69, 9.17) is 0 Å². The van der Waals surface area contributed by atoms with Gasteiger partial charge in [0.05, 0.1) is 0 Å². The Kier molecular flexibility index (Phi) is 5.42. The summed E-state index contributed by atoms with van der Waals surface area (Å²) in [4.78, 5) is 37.8. The topological polar surface area (TPSA) is 78.5 Å². The van der Waals surface area contributed by atoms with Crippen LogP contribution >= 0.6 is 0 Å². The second kappa shape index (κ2) is 7.11. The molecule has 0 radical (unpaired) electrons. The second-order valence-corrected chi connectivity index (χ2v) is 6.50. The van der Waals surface area contributed by atoms with E-state index in [0.29, 0.717) is 13.0 Å². The molecule has 6 heteroatoms. The van der Waals surface area contributed by atoms with Crippen LogP contribution in [0.15, 0.2) is 0 Å². The van der Waals surface area contributed by atoms with Gasteiger partial charge in [0, 0.05) is 6.54 Å². The number of rotatable bonds is 6. The van der Waals surface area contributed by atoms with Crippen molar-refractivity contribution in [3.63, 3.8) is 0 Å². The number of amides is 4. The normalized spacial score (nSPS) is 28.1. The van der Waals surface area contributed by atoms with Gasteiger partial charge in [0.25, 0.3) is 5.91 Å². The van der Waals surface area contributed by atoms with Gasteiger partial charge in [-0.3, -0.25) is 14.5 Å². The van der Waals surface area contributed by atoms with Gasteiger partial charge in [-0.1, -0.05) is 39.5 Å². The second-order valence-electron chi connectivity index (χ2n) is 6.50. The highest BCUT2D eigenvalue weighted by molar-refractivity contribution is 6.09. The summed E-state index contributed by atoms with van der Waals surface area (Å²) in [5.41, 5.74) is -0.780. The molecule has 4 amide bonds.